The number of nitrogens with one attached hydrogen (secondary N) is 1. The van der Waals surface area contributed by atoms with Gasteiger partial charge in [-0.05, 0) is 45.6 Å². The number of aliphatic hydroxyl groups is 1. The van der Waals surface area contributed by atoms with Crippen LogP contribution in [0.2, 0.25) is 0 Å². The summed E-state index contributed by atoms with van der Waals surface area (Å²) in [5.74, 6) is -2.11. The molecule has 0 aromatic carbocycles. The van der Waals surface area contributed by atoms with E-state index in [9.17, 15) is 24.6 Å². The Kier molecular flexibility index (Phi) is 8.09. The highest BCUT2D eigenvalue weighted by atomic mass is 16.4. The molecule has 1 saturated heterocycles. The highest BCUT2D eigenvalue weighted by molar-refractivity contribution is 5.92. The maximum absolute atomic E-state index is 12.7. The minimum absolute atomic E-state index is 0.344. The molecule has 0 unspecified atom stereocenters. The van der Waals surface area contributed by atoms with Crippen LogP contribution in [0, 0.1) is 0 Å². The summed E-state index contributed by atoms with van der Waals surface area (Å²) in [4.78, 5) is 37.3. The molecule has 2 amide bonds. The predicted molar refractivity (Wildman–Crippen MR) is 86.9 cm³/mol. The molecule has 4 atom stereocenters. The van der Waals surface area contributed by atoms with Crippen LogP contribution in [0.1, 0.15) is 39.0 Å². The van der Waals surface area contributed by atoms with Gasteiger partial charge in [0.05, 0.1) is 6.10 Å². The summed E-state index contributed by atoms with van der Waals surface area (Å²) in [7, 11) is 0. The molecular weight excluding hydrogens is 316 g/mol. The van der Waals surface area contributed by atoms with Crippen molar-refractivity contribution in [2.75, 3.05) is 13.1 Å². The SMILES string of the molecule is C[C@H](O)[C@H](N)C(=O)N[C@@H](CCCCN)C(=O)N1CCC[C@H]1C(=O)O. The fourth-order valence-corrected chi connectivity index (χ4v) is 2.72. The van der Waals surface area contributed by atoms with Crippen molar-refractivity contribution < 1.29 is 24.6 Å². The van der Waals surface area contributed by atoms with Gasteiger partial charge < -0.3 is 31.9 Å². The average molecular weight is 344 g/mol. The van der Waals surface area contributed by atoms with Gasteiger partial charge in [0.25, 0.3) is 0 Å². The smallest absolute Gasteiger partial charge is 0.326 e. The number of carboxylic acids is 1. The van der Waals surface area contributed by atoms with E-state index in [-0.39, 0.29) is 0 Å². The standard InChI is InChI=1S/C15H28N4O5/c1-9(20)12(17)13(21)18-10(5-2-3-7-16)14(22)19-8-4-6-11(19)15(23)24/h9-12,20H,2-8,16-17H2,1H3,(H,18,21)(H,23,24)/t9-,10-,11-,12-/m0/s1. The molecule has 0 radical (unpaired) electrons. The van der Waals surface area contributed by atoms with Crippen LogP contribution in [0.25, 0.3) is 0 Å². The summed E-state index contributed by atoms with van der Waals surface area (Å²) in [6.45, 7) is 2.20. The number of carbonyl (C=O) groups excluding carboxylic acids is 2. The Labute approximate surface area is 141 Å². The summed E-state index contributed by atoms with van der Waals surface area (Å²) in [6.07, 6.45) is 1.60. The lowest BCUT2D eigenvalue weighted by molar-refractivity contribution is -0.149. The first-order valence-corrected chi connectivity index (χ1v) is 8.27. The van der Waals surface area contributed by atoms with Crippen molar-refractivity contribution in [3.05, 3.63) is 0 Å². The van der Waals surface area contributed by atoms with Gasteiger partial charge in [-0.25, -0.2) is 4.79 Å². The van der Waals surface area contributed by atoms with Crippen LogP contribution in [0.3, 0.4) is 0 Å². The van der Waals surface area contributed by atoms with Crippen molar-refractivity contribution in [3.8, 4) is 0 Å². The Bertz CT molecular complexity index is 457. The fourth-order valence-electron chi connectivity index (χ4n) is 2.72. The van der Waals surface area contributed by atoms with Crippen LogP contribution >= 0.6 is 0 Å². The van der Waals surface area contributed by atoms with Crippen molar-refractivity contribution in [1.82, 2.24) is 10.2 Å². The topological polar surface area (TPSA) is 159 Å². The van der Waals surface area contributed by atoms with Crippen molar-refractivity contribution >= 4 is 17.8 Å². The molecule has 0 saturated carbocycles. The van der Waals surface area contributed by atoms with Crippen LogP contribution in [0.4, 0.5) is 0 Å². The van der Waals surface area contributed by atoms with Gasteiger partial charge in [0, 0.05) is 6.54 Å². The second kappa shape index (κ2) is 9.55. The third-order valence-electron chi connectivity index (χ3n) is 4.20. The normalized spacial score (nSPS) is 21.2. The Morgan fingerprint density at radius 1 is 1.33 bits per heavy atom. The Morgan fingerprint density at radius 3 is 2.54 bits per heavy atom. The number of likely N-dealkylation sites (tertiary alicyclic amines) is 1. The first-order chi connectivity index (χ1) is 11.3. The zero-order chi connectivity index (χ0) is 18.3. The number of carboxylic acid groups (broad SMARTS) is 1. The highest BCUT2D eigenvalue weighted by Crippen LogP contribution is 2.19. The van der Waals surface area contributed by atoms with E-state index in [0.29, 0.717) is 45.2 Å². The molecule has 0 aromatic heterocycles. The highest BCUT2D eigenvalue weighted by Gasteiger charge is 2.37. The van der Waals surface area contributed by atoms with E-state index in [1.165, 1.54) is 11.8 Å². The molecule has 9 nitrogen and oxygen atoms in total. The van der Waals surface area contributed by atoms with Gasteiger partial charge in [0.15, 0.2) is 0 Å². The van der Waals surface area contributed by atoms with Gasteiger partial charge in [0.2, 0.25) is 11.8 Å². The molecule has 1 aliphatic rings. The maximum Gasteiger partial charge on any atom is 0.326 e. The van der Waals surface area contributed by atoms with E-state index in [2.05, 4.69) is 5.32 Å². The summed E-state index contributed by atoms with van der Waals surface area (Å²) in [6, 6.07) is -2.88. The first-order valence-electron chi connectivity index (χ1n) is 8.27. The quantitative estimate of drug-likeness (QED) is 0.314. The van der Waals surface area contributed by atoms with E-state index in [1.54, 1.807) is 0 Å². The lowest BCUT2D eigenvalue weighted by Crippen LogP contribution is -2.56. The zero-order valence-electron chi connectivity index (χ0n) is 14.0. The third kappa shape index (κ3) is 5.43. The minimum atomic E-state index is -1.15. The summed E-state index contributed by atoms with van der Waals surface area (Å²) >= 11 is 0. The van der Waals surface area contributed by atoms with E-state index in [1.807, 2.05) is 0 Å². The van der Waals surface area contributed by atoms with Gasteiger partial charge in [-0.15, -0.1) is 0 Å². The van der Waals surface area contributed by atoms with Crippen LogP contribution in [0.15, 0.2) is 0 Å². The summed E-state index contributed by atoms with van der Waals surface area (Å²) in [5.41, 5.74) is 11.0. The molecule has 1 aliphatic heterocycles. The molecule has 9 heteroatoms. The molecule has 138 valence electrons. The molecule has 0 aliphatic carbocycles. The van der Waals surface area contributed by atoms with Crippen LogP contribution in [0.5, 0.6) is 0 Å². The third-order valence-corrected chi connectivity index (χ3v) is 4.20. The maximum atomic E-state index is 12.7. The van der Waals surface area contributed by atoms with Crippen molar-refractivity contribution in [2.24, 2.45) is 11.5 Å². The fraction of sp³-hybridized carbons (Fsp3) is 0.800. The van der Waals surface area contributed by atoms with E-state index in [0.717, 1.165) is 0 Å². The number of nitrogens with two attached hydrogens (primary N) is 2. The largest absolute Gasteiger partial charge is 0.480 e. The predicted octanol–water partition coefficient (Wildman–Crippen LogP) is -1.62. The molecule has 24 heavy (non-hydrogen) atoms. The Hall–Kier alpha value is -1.71. The zero-order valence-corrected chi connectivity index (χ0v) is 14.0. The Balaban J connectivity index is 2.81. The second-order valence-electron chi connectivity index (χ2n) is 6.14. The first kappa shape index (κ1) is 20.3. The molecule has 1 rings (SSSR count). The number of rotatable bonds is 9. The lowest BCUT2D eigenvalue weighted by atomic mass is 10.1. The molecule has 0 spiro atoms. The average Bonchev–Trinajstić information content (AvgIpc) is 3.02. The molecule has 1 heterocycles. The number of hydrogen-bond donors (Lipinski definition) is 5. The molecule has 0 aromatic rings. The number of aliphatic hydroxyl groups excluding tert-OH is 1. The van der Waals surface area contributed by atoms with Gasteiger partial charge in [-0.2, -0.15) is 0 Å². The Morgan fingerprint density at radius 2 is 2.00 bits per heavy atom. The monoisotopic (exact) mass is 344 g/mol. The van der Waals surface area contributed by atoms with Gasteiger partial charge in [-0.1, -0.05) is 0 Å². The van der Waals surface area contributed by atoms with Crippen LogP contribution in [-0.2, 0) is 14.4 Å². The minimum Gasteiger partial charge on any atom is -0.480 e. The molecule has 0 bridgehead atoms. The molecular formula is C15H28N4O5. The van der Waals surface area contributed by atoms with Gasteiger partial charge >= 0.3 is 5.97 Å². The number of nitrogens with zero attached hydrogens (tertiary/aromatic N) is 1. The molecule has 7 N–H and O–H groups in total. The summed E-state index contributed by atoms with van der Waals surface area (Å²) < 4.78 is 0. The van der Waals surface area contributed by atoms with Crippen molar-refractivity contribution in [1.29, 1.82) is 0 Å². The van der Waals surface area contributed by atoms with Crippen LogP contribution in [-0.4, -0.2) is 70.2 Å². The van der Waals surface area contributed by atoms with E-state index >= 15 is 0 Å². The van der Waals surface area contributed by atoms with E-state index in [4.69, 9.17) is 11.5 Å². The van der Waals surface area contributed by atoms with Crippen molar-refractivity contribution in [3.63, 3.8) is 0 Å². The van der Waals surface area contributed by atoms with E-state index < -0.39 is 42.0 Å². The number of unbranched alkanes of at least 4 members (excludes halogenated alkanes) is 1. The lowest BCUT2D eigenvalue weighted by Gasteiger charge is -2.28. The van der Waals surface area contributed by atoms with Crippen molar-refractivity contribution in [2.45, 2.75) is 63.3 Å². The second-order valence-corrected chi connectivity index (χ2v) is 6.14. The van der Waals surface area contributed by atoms with Crippen LogP contribution < -0.4 is 16.8 Å². The number of amides is 2. The number of carbonyl (C=O) groups is 3. The summed E-state index contributed by atoms with van der Waals surface area (Å²) in [5, 5.41) is 21.2. The van der Waals surface area contributed by atoms with Gasteiger partial charge in [-0.3, -0.25) is 9.59 Å². The number of hydrogen-bond acceptors (Lipinski definition) is 6. The molecule has 1 fully saturated rings. The number of aliphatic carboxylic acids is 1. The van der Waals surface area contributed by atoms with Gasteiger partial charge in [0.1, 0.15) is 18.1 Å².